The molecule has 7 nitrogen and oxygen atoms in total. The molecule has 196 valence electrons. The first-order valence-corrected chi connectivity index (χ1v) is 13.1. The molecular weight excluding hydrogens is 500 g/mol. The van der Waals surface area contributed by atoms with Gasteiger partial charge in [-0.3, -0.25) is 19.3 Å². The number of nitrogens with zero attached hydrogens (tertiary/aromatic N) is 2. The Morgan fingerprint density at radius 1 is 0.944 bits per heavy atom. The Morgan fingerprint density at radius 2 is 1.39 bits per heavy atom. The number of aromatic nitrogens is 2. The fourth-order valence-corrected chi connectivity index (χ4v) is 5.27. The molecule has 0 spiro atoms. The van der Waals surface area contributed by atoms with Gasteiger partial charge in [0.15, 0.2) is 5.78 Å². The molecule has 1 saturated heterocycles. The van der Waals surface area contributed by atoms with E-state index in [9.17, 15) is 26.6 Å². The summed E-state index contributed by atoms with van der Waals surface area (Å²) in [7, 11) is -9.14. The number of pyridine rings is 2. The molecule has 0 aromatic carbocycles. The molecule has 0 amide bonds. The van der Waals surface area contributed by atoms with E-state index in [1.807, 2.05) is 50.3 Å². The highest BCUT2D eigenvalue weighted by molar-refractivity contribution is 7.53. The van der Waals surface area contributed by atoms with Crippen molar-refractivity contribution in [2.75, 3.05) is 39.0 Å². The number of hydrogen-bond donors (Lipinski definition) is 1. The molecule has 0 saturated carbocycles. The molecule has 1 N–H and O–H groups in total. The molecule has 0 bridgehead atoms. The normalized spacial score (nSPS) is 18.7. The van der Waals surface area contributed by atoms with Crippen molar-refractivity contribution in [1.29, 1.82) is 0 Å². The third-order valence-corrected chi connectivity index (χ3v) is 6.98. The number of carbonyl (C=O) groups is 1. The monoisotopic (exact) mass is 529 g/mol. The number of rotatable bonds is 9. The largest absolute Gasteiger partial charge is 0.673 e. The summed E-state index contributed by atoms with van der Waals surface area (Å²) in [5, 5.41) is 0. The second-order valence-corrected chi connectivity index (χ2v) is 9.94. The Hall–Kier alpha value is -2.66. The average molecular weight is 529 g/mol. The van der Waals surface area contributed by atoms with Gasteiger partial charge in [-0.05, 0) is 49.3 Å². The molecule has 36 heavy (non-hydrogen) atoms. The lowest BCUT2D eigenvalue weighted by molar-refractivity contribution is -0.888. The molecule has 0 unspecified atom stereocenters. The van der Waals surface area contributed by atoms with Crippen LogP contribution in [0.25, 0.3) is 12.2 Å². The zero-order valence-corrected chi connectivity index (χ0v) is 21.0. The lowest BCUT2D eigenvalue weighted by atomic mass is 9.95. The van der Waals surface area contributed by atoms with Crippen LogP contribution in [0.3, 0.4) is 0 Å². The van der Waals surface area contributed by atoms with Crippen LogP contribution in [0, 0.1) is 0 Å². The fourth-order valence-electron chi connectivity index (χ4n) is 3.56. The lowest BCUT2D eigenvalue weighted by Gasteiger charge is -2.28. The number of hydrogen-bond acceptors (Lipinski definition) is 6. The van der Waals surface area contributed by atoms with Crippen molar-refractivity contribution in [3.8, 4) is 0 Å². The summed E-state index contributed by atoms with van der Waals surface area (Å²) in [5.74, 6) is 0.0225. The minimum atomic E-state index is -6.00. The summed E-state index contributed by atoms with van der Waals surface area (Å²) in [5.41, 5.74) is 3.16. The van der Waals surface area contributed by atoms with Crippen LogP contribution >= 0.6 is 7.60 Å². The van der Waals surface area contributed by atoms with Gasteiger partial charge >= 0.3 is 14.9 Å². The van der Waals surface area contributed by atoms with Gasteiger partial charge in [0.25, 0.3) is 0 Å². The molecule has 2 aromatic heterocycles. The number of nitrogens with one attached hydrogen (secondary N) is 1. The van der Waals surface area contributed by atoms with Gasteiger partial charge in [-0.1, -0.05) is 12.1 Å². The molecule has 1 aliphatic rings. The average Bonchev–Trinajstić information content (AvgIpc) is 2.81. The Labute approximate surface area is 207 Å². The van der Waals surface area contributed by atoms with Gasteiger partial charge < -0.3 is 31.2 Å². The molecule has 1 aliphatic heterocycles. The van der Waals surface area contributed by atoms with E-state index < -0.39 is 14.9 Å². The van der Waals surface area contributed by atoms with Crippen LogP contribution in [0.5, 0.6) is 0 Å². The van der Waals surface area contributed by atoms with Gasteiger partial charge in [-0.2, -0.15) is 0 Å². The summed E-state index contributed by atoms with van der Waals surface area (Å²) in [6.45, 7) is 5.93. The van der Waals surface area contributed by atoms with Crippen molar-refractivity contribution >= 4 is 32.8 Å². The number of piperidine rings is 1. The second-order valence-electron chi connectivity index (χ2n) is 7.76. The van der Waals surface area contributed by atoms with Crippen molar-refractivity contribution in [3.63, 3.8) is 0 Å². The molecule has 0 atom stereocenters. The number of ketones is 1. The first-order chi connectivity index (χ1) is 17.0. The highest BCUT2D eigenvalue weighted by atomic mass is 31.2. The van der Waals surface area contributed by atoms with Crippen molar-refractivity contribution < 1.29 is 40.6 Å². The summed E-state index contributed by atoms with van der Waals surface area (Å²) in [6, 6.07) is 7.53. The quantitative estimate of drug-likeness (QED) is 0.229. The predicted octanol–water partition coefficient (Wildman–Crippen LogP) is 3.98. The highest BCUT2D eigenvalue weighted by Crippen LogP contribution is 2.47. The van der Waals surface area contributed by atoms with E-state index >= 15 is 0 Å². The van der Waals surface area contributed by atoms with Crippen LogP contribution in [-0.2, 0) is 18.4 Å². The maximum Gasteiger partial charge on any atom is 0.673 e. The molecule has 3 rings (SSSR count). The third kappa shape index (κ3) is 10.9. The van der Waals surface area contributed by atoms with E-state index in [-0.39, 0.29) is 5.78 Å². The summed E-state index contributed by atoms with van der Waals surface area (Å²) in [4.78, 5) is 22.6. The van der Waals surface area contributed by atoms with Crippen LogP contribution in [-0.4, -0.2) is 62.0 Å². The van der Waals surface area contributed by atoms with Gasteiger partial charge in [-0.25, -0.2) is 0 Å². The first-order valence-electron chi connectivity index (χ1n) is 11.4. The zero-order chi connectivity index (χ0) is 26.6. The summed E-state index contributed by atoms with van der Waals surface area (Å²) >= 11 is 0. The van der Waals surface area contributed by atoms with Gasteiger partial charge in [0.1, 0.15) is 13.1 Å². The lowest BCUT2D eigenvalue weighted by Crippen LogP contribution is -3.14. The van der Waals surface area contributed by atoms with Crippen molar-refractivity contribution in [1.82, 2.24) is 9.97 Å². The topological polar surface area (TPSA) is 82.8 Å². The standard InChI is InChI=1S/C23H28N3O4P.BF4/c1-3-29-31(28,30-4-2)12-11-26-17-21(13-19-7-5-9-24-15-19)23(27)22(18-26)14-20-8-6-10-25-16-20;2-1(3,4)5/h5-10,13-16H,3-4,11-12,17-18H2,1-2H3;/q;-1/p+1/b21-13+,22-14+;. The van der Waals surface area contributed by atoms with Gasteiger partial charge in [0.05, 0.1) is 37.1 Å². The third-order valence-electron chi connectivity index (χ3n) is 4.91. The molecular formula is C23H29BF4N3O4P. The van der Waals surface area contributed by atoms with E-state index in [1.165, 1.54) is 0 Å². The van der Waals surface area contributed by atoms with Crippen LogP contribution in [0.4, 0.5) is 17.3 Å². The van der Waals surface area contributed by atoms with Crippen LogP contribution in [0.15, 0.2) is 60.2 Å². The number of likely N-dealkylation sites (tertiary alicyclic amines) is 1. The molecule has 0 aliphatic carbocycles. The van der Waals surface area contributed by atoms with E-state index in [4.69, 9.17) is 9.05 Å². The molecule has 0 radical (unpaired) electrons. The Bertz CT molecular complexity index is 1010. The zero-order valence-electron chi connectivity index (χ0n) is 20.1. The maximum atomic E-state index is 13.2. The van der Waals surface area contributed by atoms with Crippen molar-refractivity contribution in [3.05, 3.63) is 71.3 Å². The highest BCUT2D eigenvalue weighted by Gasteiger charge is 2.32. The molecule has 13 heteroatoms. The van der Waals surface area contributed by atoms with Crippen LogP contribution in [0.1, 0.15) is 25.0 Å². The number of carbonyl (C=O) groups excluding carboxylic acids is 1. The molecule has 2 aromatic rings. The maximum absolute atomic E-state index is 13.2. The van der Waals surface area contributed by atoms with E-state index in [2.05, 4.69) is 9.97 Å². The fraction of sp³-hybridized carbons (Fsp3) is 0.348. The van der Waals surface area contributed by atoms with Crippen molar-refractivity contribution in [2.24, 2.45) is 0 Å². The van der Waals surface area contributed by atoms with E-state index in [0.717, 1.165) is 16.0 Å². The minimum absolute atomic E-state index is 0.0225. The van der Waals surface area contributed by atoms with Gasteiger partial charge in [0, 0.05) is 24.8 Å². The number of halogens is 4. The smallest absolute Gasteiger partial charge is 0.418 e. The van der Waals surface area contributed by atoms with Crippen molar-refractivity contribution in [2.45, 2.75) is 13.8 Å². The van der Waals surface area contributed by atoms with Crippen LogP contribution < -0.4 is 4.90 Å². The van der Waals surface area contributed by atoms with E-state index in [1.54, 1.807) is 24.8 Å². The summed E-state index contributed by atoms with van der Waals surface area (Å²) < 4.78 is 62.8. The van der Waals surface area contributed by atoms with Gasteiger partial charge in [0.2, 0.25) is 0 Å². The predicted molar refractivity (Wildman–Crippen MR) is 131 cm³/mol. The Morgan fingerprint density at radius 3 is 1.75 bits per heavy atom. The number of Topliss-reactive ketones (excluding diaryl/α,β-unsaturated/α-hetero) is 1. The Balaban J connectivity index is 0.000000830. The van der Waals surface area contributed by atoms with Crippen LogP contribution in [0.2, 0.25) is 0 Å². The number of quaternary nitrogens is 1. The van der Waals surface area contributed by atoms with E-state index in [0.29, 0.717) is 50.2 Å². The second kappa shape index (κ2) is 14.2. The Kier molecular flexibility index (Phi) is 11.6. The molecule has 1 fully saturated rings. The minimum Gasteiger partial charge on any atom is -0.418 e. The van der Waals surface area contributed by atoms with Gasteiger partial charge in [-0.15, -0.1) is 0 Å². The molecule has 3 heterocycles. The SMILES string of the molecule is CCOP(=O)(CC[NH+]1C/C(=C\c2cccnc2)C(=O)/C(=C/c2cccnc2)C1)OCC.F[B-](F)(F)F. The summed E-state index contributed by atoms with van der Waals surface area (Å²) in [6.07, 6.45) is 10.9. The first kappa shape index (κ1) is 29.6.